The van der Waals surface area contributed by atoms with E-state index >= 15 is 0 Å². The molecule has 3 aromatic rings. The molecule has 0 atom stereocenters. The van der Waals surface area contributed by atoms with Crippen LogP contribution in [0.3, 0.4) is 0 Å². The van der Waals surface area contributed by atoms with Crippen molar-refractivity contribution in [1.29, 1.82) is 0 Å². The van der Waals surface area contributed by atoms with Gasteiger partial charge in [0, 0.05) is 10.7 Å². The summed E-state index contributed by atoms with van der Waals surface area (Å²) in [5.41, 5.74) is 0.707. The van der Waals surface area contributed by atoms with Gasteiger partial charge >= 0.3 is 0 Å². The van der Waals surface area contributed by atoms with Crippen LogP contribution in [-0.2, 0) is 0 Å². The molecule has 0 bridgehead atoms. The maximum atomic E-state index is 13.5. The molecule has 0 aliphatic rings. The normalized spacial score (nSPS) is 11.1. The Bertz CT molecular complexity index is 740. The minimum Gasteiger partial charge on any atom is -0.242 e. The van der Waals surface area contributed by atoms with E-state index in [1.165, 1.54) is 29.5 Å². The number of rotatable bonds is 2. The molecule has 0 spiro atoms. The van der Waals surface area contributed by atoms with Crippen LogP contribution in [0.5, 0.6) is 0 Å². The molecule has 0 saturated heterocycles. The molecule has 0 N–H and O–H groups in total. The first-order valence-corrected chi connectivity index (χ1v) is 7.60. The molecule has 96 valence electrons. The molecule has 0 saturated carbocycles. The van der Waals surface area contributed by atoms with Gasteiger partial charge in [0.1, 0.15) is 22.0 Å². The highest BCUT2D eigenvalue weighted by Gasteiger charge is 2.13. The average molecular weight is 359 g/mol. The standard InChI is InChI=1S/C12H5BrF2N2S2/c13-6-4-9-11(16-5-6)19-12(17-9)18-10-7(14)2-1-3-8(10)15/h1-5H. The molecule has 0 amide bonds. The van der Waals surface area contributed by atoms with Crippen LogP contribution < -0.4 is 0 Å². The van der Waals surface area contributed by atoms with Crippen LogP contribution in [0.25, 0.3) is 10.3 Å². The Hall–Kier alpha value is -1.05. The van der Waals surface area contributed by atoms with E-state index in [0.29, 0.717) is 9.86 Å². The lowest BCUT2D eigenvalue weighted by molar-refractivity contribution is 0.540. The third-order valence-corrected chi connectivity index (χ3v) is 4.87. The highest BCUT2D eigenvalue weighted by Crippen LogP contribution is 2.36. The van der Waals surface area contributed by atoms with Crippen LogP contribution in [0.1, 0.15) is 0 Å². The first-order chi connectivity index (χ1) is 9.13. The summed E-state index contributed by atoms with van der Waals surface area (Å²) in [5, 5.41) is 0. The van der Waals surface area contributed by atoms with Gasteiger partial charge in [-0.15, -0.1) is 0 Å². The summed E-state index contributed by atoms with van der Waals surface area (Å²) >= 11 is 5.59. The summed E-state index contributed by atoms with van der Waals surface area (Å²) in [7, 11) is 0. The van der Waals surface area contributed by atoms with Gasteiger partial charge in [-0.25, -0.2) is 18.7 Å². The van der Waals surface area contributed by atoms with E-state index in [1.807, 2.05) is 6.07 Å². The van der Waals surface area contributed by atoms with Gasteiger partial charge in [-0.2, -0.15) is 0 Å². The van der Waals surface area contributed by atoms with Crippen molar-refractivity contribution in [3.8, 4) is 0 Å². The second-order valence-corrected chi connectivity index (χ2v) is 6.76. The number of hydrogen-bond acceptors (Lipinski definition) is 4. The van der Waals surface area contributed by atoms with Crippen molar-refractivity contribution in [2.45, 2.75) is 9.24 Å². The van der Waals surface area contributed by atoms with Crippen LogP contribution in [0.2, 0.25) is 0 Å². The lowest BCUT2D eigenvalue weighted by Gasteiger charge is -2.00. The van der Waals surface area contributed by atoms with Crippen LogP contribution >= 0.6 is 39.0 Å². The fourth-order valence-corrected chi connectivity index (χ4v) is 3.74. The minimum atomic E-state index is -0.585. The number of halogens is 3. The Morgan fingerprint density at radius 1 is 1.21 bits per heavy atom. The highest BCUT2D eigenvalue weighted by molar-refractivity contribution is 9.10. The van der Waals surface area contributed by atoms with Gasteiger partial charge in [0.05, 0.1) is 4.90 Å². The molecule has 0 aliphatic heterocycles. The molecular weight excluding hydrogens is 354 g/mol. The monoisotopic (exact) mass is 358 g/mol. The van der Waals surface area contributed by atoms with Gasteiger partial charge in [0.25, 0.3) is 0 Å². The summed E-state index contributed by atoms with van der Waals surface area (Å²) in [6, 6.07) is 5.62. The molecule has 0 fully saturated rings. The molecule has 2 aromatic heterocycles. The van der Waals surface area contributed by atoms with E-state index in [0.717, 1.165) is 21.1 Å². The van der Waals surface area contributed by atoms with Gasteiger partial charge in [-0.1, -0.05) is 29.2 Å². The SMILES string of the molecule is Fc1cccc(F)c1Sc1nc2cc(Br)cnc2s1. The number of hydrogen-bond donors (Lipinski definition) is 0. The van der Waals surface area contributed by atoms with Crippen molar-refractivity contribution in [3.05, 3.63) is 46.6 Å². The molecule has 0 unspecified atom stereocenters. The first kappa shape index (κ1) is 13.0. The largest absolute Gasteiger partial charge is 0.242 e. The average Bonchev–Trinajstić information content (AvgIpc) is 2.75. The summed E-state index contributed by atoms with van der Waals surface area (Å²) in [5.74, 6) is -1.17. The Kier molecular flexibility index (Phi) is 3.51. The highest BCUT2D eigenvalue weighted by atomic mass is 79.9. The Morgan fingerprint density at radius 3 is 2.68 bits per heavy atom. The third-order valence-electron chi connectivity index (χ3n) is 2.30. The molecule has 0 radical (unpaired) electrons. The van der Waals surface area contributed by atoms with Crippen LogP contribution in [0, 0.1) is 11.6 Å². The molecule has 0 aliphatic carbocycles. The Labute approximate surface area is 124 Å². The molecule has 19 heavy (non-hydrogen) atoms. The topological polar surface area (TPSA) is 25.8 Å². The van der Waals surface area contributed by atoms with Crippen LogP contribution in [0.4, 0.5) is 8.78 Å². The molecule has 2 nitrogen and oxygen atoms in total. The summed E-state index contributed by atoms with van der Waals surface area (Å²) in [6.45, 7) is 0. The fourth-order valence-electron chi connectivity index (χ4n) is 1.49. The predicted molar refractivity (Wildman–Crippen MR) is 75.6 cm³/mol. The van der Waals surface area contributed by atoms with Crippen LogP contribution in [0.15, 0.2) is 44.2 Å². The number of pyridine rings is 1. The molecular formula is C12H5BrF2N2S2. The molecule has 3 rings (SSSR count). The lowest BCUT2D eigenvalue weighted by Crippen LogP contribution is -1.85. The van der Waals surface area contributed by atoms with Crippen molar-refractivity contribution in [2.75, 3.05) is 0 Å². The van der Waals surface area contributed by atoms with Gasteiger partial charge in [-0.3, -0.25) is 0 Å². The van der Waals surface area contributed by atoms with E-state index in [1.54, 1.807) is 6.20 Å². The van der Waals surface area contributed by atoms with E-state index in [4.69, 9.17) is 0 Å². The summed E-state index contributed by atoms with van der Waals surface area (Å²) < 4.78 is 28.5. The number of aromatic nitrogens is 2. The lowest BCUT2D eigenvalue weighted by atomic mass is 10.3. The van der Waals surface area contributed by atoms with Gasteiger partial charge in [0.2, 0.25) is 0 Å². The second-order valence-electron chi connectivity index (χ2n) is 3.61. The fraction of sp³-hybridized carbons (Fsp3) is 0. The number of benzene rings is 1. The molecule has 7 heteroatoms. The van der Waals surface area contributed by atoms with E-state index in [-0.39, 0.29) is 4.90 Å². The Morgan fingerprint density at radius 2 is 1.95 bits per heavy atom. The van der Waals surface area contributed by atoms with Crippen molar-refractivity contribution >= 4 is 49.4 Å². The minimum absolute atomic E-state index is 0.0411. The van der Waals surface area contributed by atoms with Gasteiger partial charge < -0.3 is 0 Å². The van der Waals surface area contributed by atoms with Crippen molar-refractivity contribution in [2.24, 2.45) is 0 Å². The molecule has 2 heterocycles. The van der Waals surface area contributed by atoms with Gasteiger partial charge in [-0.05, 0) is 34.1 Å². The second kappa shape index (κ2) is 5.15. The number of fused-ring (bicyclic) bond motifs is 1. The summed E-state index contributed by atoms with van der Waals surface area (Å²) in [4.78, 5) is 9.20. The quantitative estimate of drug-likeness (QED) is 0.652. The Balaban J connectivity index is 2.01. The maximum Gasteiger partial charge on any atom is 0.157 e. The number of nitrogens with zero attached hydrogens (tertiary/aromatic N) is 2. The van der Waals surface area contributed by atoms with Gasteiger partial charge in [0.15, 0.2) is 4.34 Å². The van der Waals surface area contributed by atoms with Crippen molar-refractivity contribution in [3.63, 3.8) is 0 Å². The van der Waals surface area contributed by atoms with Crippen LogP contribution in [-0.4, -0.2) is 9.97 Å². The smallest absolute Gasteiger partial charge is 0.157 e. The predicted octanol–water partition coefficient (Wildman–Crippen LogP) is 4.88. The van der Waals surface area contributed by atoms with E-state index in [9.17, 15) is 8.78 Å². The third kappa shape index (κ3) is 2.63. The molecule has 1 aromatic carbocycles. The van der Waals surface area contributed by atoms with E-state index < -0.39 is 11.6 Å². The zero-order valence-electron chi connectivity index (χ0n) is 9.23. The number of thiazole rings is 1. The van der Waals surface area contributed by atoms with Crippen molar-refractivity contribution in [1.82, 2.24) is 9.97 Å². The van der Waals surface area contributed by atoms with E-state index in [2.05, 4.69) is 25.9 Å². The zero-order valence-corrected chi connectivity index (χ0v) is 12.5. The summed E-state index contributed by atoms with van der Waals surface area (Å²) in [6.07, 6.45) is 1.67. The zero-order chi connectivity index (χ0) is 13.4. The maximum absolute atomic E-state index is 13.5. The van der Waals surface area contributed by atoms with Crippen molar-refractivity contribution < 1.29 is 8.78 Å². The first-order valence-electron chi connectivity index (χ1n) is 5.17.